The van der Waals surface area contributed by atoms with Crippen LogP contribution in [0.15, 0.2) is 36.9 Å². The molecule has 1 aromatic carbocycles. The van der Waals surface area contributed by atoms with Crippen molar-refractivity contribution in [3.05, 3.63) is 76.8 Å². The first-order valence-electron chi connectivity index (χ1n) is 8.74. The molecule has 3 rings (SSSR count). The van der Waals surface area contributed by atoms with E-state index < -0.39 is 40.0 Å². The lowest BCUT2D eigenvalue weighted by molar-refractivity contribution is -0.126. The number of aryl methyl sites for hydroxylation is 1. The van der Waals surface area contributed by atoms with Crippen molar-refractivity contribution < 1.29 is 27.4 Å². The molecule has 0 radical (unpaired) electrons. The van der Waals surface area contributed by atoms with Gasteiger partial charge in [0.15, 0.2) is 11.6 Å². The number of hydrogen-bond donors (Lipinski definition) is 1. The number of nitrogens with zero attached hydrogens (tertiary/aromatic N) is 1. The van der Waals surface area contributed by atoms with Crippen molar-refractivity contribution in [2.75, 3.05) is 5.75 Å². The number of hydrogen-bond acceptors (Lipinski definition) is 5. The van der Waals surface area contributed by atoms with Gasteiger partial charge in [0.2, 0.25) is 5.79 Å². The van der Waals surface area contributed by atoms with Crippen LogP contribution in [0.3, 0.4) is 0 Å². The van der Waals surface area contributed by atoms with E-state index in [0.717, 1.165) is 12.1 Å². The van der Waals surface area contributed by atoms with Gasteiger partial charge < -0.3 is 15.2 Å². The summed E-state index contributed by atoms with van der Waals surface area (Å²) in [6.07, 6.45) is 4.59. The minimum atomic E-state index is -1.26. The Morgan fingerprint density at radius 1 is 1.24 bits per heavy atom. The van der Waals surface area contributed by atoms with Crippen molar-refractivity contribution in [1.29, 1.82) is 0 Å². The molecule has 1 aliphatic rings. The molecule has 1 amide bonds. The molecule has 1 unspecified atom stereocenters. The number of carbonyl (C=O) groups excluding carboxylic acids is 1. The highest BCUT2D eigenvalue weighted by molar-refractivity contribution is 7.99. The number of aromatic nitrogens is 1. The van der Waals surface area contributed by atoms with E-state index >= 15 is 0 Å². The van der Waals surface area contributed by atoms with E-state index in [1.807, 2.05) is 0 Å². The normalized spacial score (nSPS) is 15.6. The topological polar surface area (TPSA) is 74.4 Å². The Bertz CT molecular complexity index is 960. The van der Waals surface area contributed by atoms with Crippen LogP contribution in [0.2, 0.25) is 0 Å². The highest BCUT2D eigenvalue weighted by atomic mass is 32.2. The van der Waals surface area contributed by atoms with Gasteiger partial charge in [-0.1, -0.05) is 0 Å². The second kappa shape index (κ2) is 8.36. The quantitative estimate of drug-likeness (QED) is 0.669. The standard InChI is InChI=1S/C20H19F3N2O3S/c1-11-9-15(19(24)26)25-10-12(11)18(16-13(21)3-4-14(22)17(16)23)29-8-5-20(2)27-6-7-28-20/h3-4,6-7,9-10,18H,5,8H2,1-2H3,(H2,24,26). The van der Waals surface area contributed by atoms with Gasteiger partial charge in [0, 0.05) is 30.9 Å². The summed E-state index contributed by atoms with van der Waals surface area (Å²) >= 11 is 1.19. The van der Waals surface area contributed by atoms with Gasteiger partial charge in [0.05, 0.1) is 5.25 Å². The van der Waals surface area contributed by atoms with Crippen LogP contribution in [0.1, 0.15) is 45.8 Å². The highest BCUT2D eigenvalue weighted by Gasteiger charge is 2.31. The van der Waals surface area contributed by atoms with Crippen molar-refractivity contribution in [2.24, 2.45) is 5.73 Å². The predicted molar refractivity (Wildman–Crippen MR) is 102 cm³/mol. The minimum Gasteiger partial charge on any atom is -0.457 e. The molecule has 0 bridgehead atoms. The molecule has 0 aliphatic carbocycles. The number of nitrogens with two attached hydrogens (primary N) is 1. The van der Waals surface area contributed by atoms with Crippen LogP contribution in [0.4, 0.5) is 13.2 Å². The highest BCUT2D eigenvalue weighted by Crippen LogP contribution is 2.41. The van der Waals surface area contributed by atoms with E-state index in [4.69, 9.17) is 15.2 Å². The molecule has 2 N–H and O–H groups in total. The van der Waals surface area contributed by atoms with E-state index in [-0.39, 0.29) is 5.69 Å². The summed E-state index contributed by atoms with van der Waals surface area (Å²) in [4.78, 5) is 15.3. The number of rotatable bonds is 7. The zero-order valence-corrected chi connectivity index (χ0v) is 16.6. The molecule has 1 atom stereocenters. The maximum Gasteiger partial charge on any atom is 0.267 e. The van der Waals surface area contributed by atoms with Crippen LogP contribution < -0.4 is 5.73 Å². The number of pyridine rings is 1. The van der Waals surface area contributed by atoms with E-state index in [1.165, 1.54) is 36.5 Å². The zero-order valence-electron chi connectivity index (χ0n) is 15.7. The van der Waals surface area contributed by atoms with Gasteiger partial charge in [-0.25, -0.2) is 13.2 Å². The number of ether oxygens (including phenoxy) is 2. The van der Waals surface area contributed by atoms with Crippen molar-refractivity contribution in [2.45, 2.75) is 31.3 Å². The Kier molecular flexibility index (Phi) is 6.07. The number of thioether (sulfide) groups is 1. The van der Waals surface area contributed by atoms with Crippen LogP contribution in [-0.4, -0.2) is 22.4 Å². The SMILES string of the molecule is Cc1cc(C(N)=O)ncc1C(SCCC1(C)OC=CO1)c1c(F)ccc(F)c1F. The molecule has 9 heteroatoms. The Morgan fingerprint density at radius 2 is 1.90 bits per heavy atom. The summed E-state index contributed by atoms with van der Waals surface area (Å²) in [5.74, 6) is -4.49. The molecule has 0 fully saturated rings. The van der Waals surface area contributed by atoms with Crippen LogP contribution >= 0.6 is 11.8 Å². The Morgan fingerprint density at radius 3 is 2.52 bits per heavy atom. The first kappa shape index (κ1) is 21.0. The third-order valence-corrected chi connectivity index (χ3v) is 5.82. The maximum atomic E-state index is 14.6. The Labute approximate surface area is 170 Å². The lowest BCUT2D eigenvalue weighted by Crippen LogP contribution is -2.26. The molecule has 1 aliphatic heterocycles. The van der Waals surface area contributed by atoms with Crippen LogP contribution in [0.25, 0.3) is 0 Å². The van der Waals surface area contributed by atoms with Crippen molar-refractivity contribution >= 4 is 17.7 Å². The number of benzene rings is 1. The van der Waals surface area contributed by atoms with Gasteiger partial charge in [0.25, 0.3) is 5.91 Å². The third kappa shape index (κ3) is 4.50. The van der Waals surface area contributed by atoms with Crippen molar-refractivity contribution in [3.8, 4) is 0 Å². The van der Waals surface area contributed by atoms with E-state index in [1.54, 1.807) is 13.8 Å². The zero-order chi connectivity index (χ0) is 21.2. The molecule has 2 heterocycles. The molecule has 0 spiro atoms. The van der Waals surface area contributed by atoms with Crippen LogP contribution in [0.5, 0.6) is 0 Å². The summed E-state index contributed by atoms with van der Waals surface area (Å²) in [6, 6.07) is 3.06. The number of halogens is 3. The van der Waals surface area contributed by atoms with Crippen LogP contribution in [0, 0.1) is 24.4 Å². The van der Waals surface area contributed by atoms with E-state index in [9.17, 15) is 18.0 Å². The lowest BCUT2D eigenvalue weighted by atomic mass is 10.00. The third-order valence-electron chi connectivity index (χ3n) is 4.56. The second-order valence-corrected chi connectivity index (χ2v) is 7.90. The largest absolute Gasteiger partial charge is 0.457 e. The fourth-order valence-electron chi connectivity index (χ4n) is 2.94. The maximum absolute atomic E-state index is 14.6. The summed E-state index contributed by atoms with van der Waals surface area (Å²) in [5.41, 5.74) is 5.85. The van der Waals surface area contributed by atoms with E-state index in [0.29, 0.717) is 23.3 Å². The smallest absolute Gasteiger partial charge is 0.267 e. The second-order valence-electron chi connectivity index (χ2n) is 6.69. The summed E-state index contributed by atoms with van der Waals surface area (Å²) in [6.45, 7) is 3.40. The molecular weight excluding hydrogens is 405 g/mol. The molecule has 29 heavy (non-hydrogen) atoms. The van der Waals surface area contributed by atoms with Crippen LogP contribution in [-0.2, 0) is 9.47 Å². The molecule has 0 saturated carbocycles. The summed E-state index contributed by atoms with van der Waals surface area (Å²) < 4.78 is 53.7. The number of amides is 1. The predicted octanol–water partition coefficient (Wildman–Crippen LogP) is 4.35. The lowest BCUT2D eigenvalue weighted by Gasteiger charge is -2.25. The molecule has 154 valence electrons. The first-order valence-corrected chi connectivity index (χ1v) is 9.79. The van der Waals surface area contributed by atoms with Crippen molar-refractivity contribution in [3.63, 3.8) is 0 Å². The summed E-state index contributed by atoms with van der Waals surface area (Å²) in [7, 11) is 0. The van der Waals surface area contributed by atoms with Crippen molar-refractivity contribution in [1.82, 2.24) is 4.98 Å². The summed E-state index contributed by atoms with van der Waals surface area (Å²) in [5, 5.41) is -0.905. The Balaban J connectivity index is 1.96. The fraction of sp³-hybridized carbons (Fsp3) is 0.300. The first-order chi connectivity index (χ1) is 13.7. The van der Waals surface area contributed by atoms with Gasteiger partial charge in [0.1, 0.15) is 24.0 Å². The number of carbonyl (C=O) groups is 1. The monoisotopic (exact) mass is 424 g/mol. The minimum absolute atomic E-state index is 0.0292. The molecular formula is C20H19F3N2O3S. The average molecular weight is 424 g/mol. The molecule has 2 aromatic rings. The molecule has 5 nitrogen and oxygen atoms in total. The van der Waals surface area contributed by atoms with Gasteiger partial charge in [-0.05, 0) is 36.2 Å². The van der Waals surface area contributed by atoms with Gasteiger partial charge in [-0.15, -0.1) is 11.8 Å². The number of primary amides is 1. The average Bonchev–Trinajstić information content (AvgIpc) is 3.10. The molecule has 0 saturated heterocycles. The fourth-order valence-corrected chi connectivity index (χ4v) is 4.47. The van der Waals surface area contributed by atoms with Gasteiger partial charge in [-0.3, -0.25) is 9.78 Å². The Hall–Kier alpha value is -2.68. The van der Waals surface area contributed by atoms with Gasteiger partial charge in [-0.2, -0.15) is 0 Å². The molecule has 1 aromatic heterocycles. The van der Waals surface area contributed by atoms with E-state index in [2.05, 4.69) is 4.98 Å². The van der Waals surface area contributed by atoms with Gasteiger partial charge >= 0.3 is 0 Å².